The third-order valence-electron chi connectivity index (χ3n) is 4.49. The number of aromatic nitrogens is 3. The van der Waals surface area contributed by atoms with Crippen molar-refractivity contribution >= 4 is 16.9 Å². The Hall–Kier alpha value is -3.87. The van der Waals surface area contributed by atoms with Gasteiger partial charge in [0, 0.05) is 12.6 Å². The lowest BCUT2D eigenvalue weighted by atomic mass is 10.1. The van der Waals surface area contributed by atoms with Crippen LogP contribution in [0.15, 0.2) is 77.9 Å². The van der Waals surface area contributed by atoms with E-state index in [1.165, 1.54) is 11.9 Å². The quantitative estimate of drug-likeness (QED) is 0.506. The van der Waals surface area contributed by atoms with Crippen molar-refractivity contribution in [1.29, 1.82) is 0 Å². The maximum Gasteiger partial charge on any atom is 0.288 e. The second kappa shape index (κ2) is 8.43. The van der Waals surface area contributed by atoms with Gasteiger partial charge in [0.05, 0.1) is 0 Å². The van der Waals surface area contributed by atoms with E-state index in [-0.39, 0.29) is 18.0 Å². The third-order valence-corrected chi connectivity index (χ3v) is 4.49. The van der Waals surface area contributed by atoms with E-state index >= 15 is 0 Å². The molecule has 0 aliphatic carbocycles. The Bertz CT molecular complexity index is 1160. The van der Waals surface area contributed by atoms with Gasteiger partial charge in [0.2, 0.25) is 0 Å². The van der Waals surface area contributed by atoms with Crippen LogP contribution in [0.3, 0.4) is 0 Å². The van der Waals surface area contributed by atoms with E-state index in [0.717, 1.165) is 22.8 Å². The number of nitrogens with zero attached hydrogens (tertiary/aromatic N) is 3. The van der Waals surface area contributed by atoms with Gasteiger partial charge in [-0.15, -0.1) is 4.73 Å². The van der Waals surface area contributed by atoms with Crippen LogP contribution in [0.25, 0.3) is 11.0 Å². The molecule has 7 heteroatoms. The first-order valence-corrected chi connectivity index (χ1v) is 9.27. The van der Waals surface area contributed by atoms with Gasteiger partial charge in [0.25, 0.3) is 5.56 Å². The Balaban J connectivity index is 1.60. The van der Waals surface area contributed by atoms with Crippen LogP contribution in [0, 0.1) is 0 Å². The van der Waals surface area contributed by atoms with Crippen LogP contribution in [0.2, 0.25) is 0 Å². The topological polar surface area (TPSA) is 89.3 Å². The molecule has 2 aromatic heterocycles. The number of fused-ring (bicyclic) bond motifs is 1. The molecule has 0 aliphatic rings. The fourth-order valence-electron chi connectivity index (χ4n) is 3.06. The first-order chi connectivity index (χ1) is 14.2. The molecule has 0 atom stereocenters. The summed E-state index contributed by atoms with van der Waals surface area (Å²) in [4.78, 5) is 26.5. The lowest BCUT2D eigenvalue weighted by Gasteiger charge is -2.14. The number of aromatic hydroxyl groups is 1. The minimum atomic E-state index is -0.500. The summed E-state index contributed by atoms with van der Waals surface area (Å²) in [5.41, 5.74) is 1.81. The summed E-state index contributed by atoms with van der Waals surface area (Å²) in [7, 11) is 0. The van der Waals surface area contributed by atoms with Gasteiger partial charge < -0.3 is 15.3 Å². The van der Waals surface area contributed by atoms with Crippen molar-refractivity contribution in [3.8, 4) is 5.75 Å². The predicted octanol–water partition coefficient (Wildman–Crippen LogP) is 2.78. The summed E-state index contributed by atoms with van der Waals surface area (Å²) in [5.74, 6) is 0.257. The summed E-state index contributed by atoms with van der Waals surface area (Å²) in [6.45, 7) is 0.807. The Morgan fingerprint density at radius 2 is 1.66 bits per heavy atom. The highest BCUT2D eigenvalue weighted by Crippen LogP contribution is 2.26. The van der Waals surface area contributed by atoms with E-state index < -0.39 is 5.56 Å². The zero-order valence-corrected chi connectivity index (χ0v) is 15.7. The summed E-state index contributed by atoms with van der Waals surface area (Å²) < 4.78 is 1.09. The molecular formula is C22H20N4O3. The molecule has 0 amide bonds. The lowest BCUT2D eigenvalue weighted by molar-refractivity contribution is 0.0976. The van der Waals surface area contributed by atoms with Crippen LogP contribution in [0.4, 0.5) is 5.82 Å². The van der Waals surface area contributed by atoms with E-state index in [2.05, 4.69) is 15.3 Å². The first kappa shape index (κ1) is 18.5. The molecule has 0 radical (unpaired) electrons. The van der Waals surface area contributed by atoms with Crippen molar-refractivity contribution in [3.05, 3.63) is 94.5 Å². The summed E-state index contributed by atoms with van der Waals surface area (Å²) in [6.07, 6.45) is 2.13. The van der Waals surface area contributed by atoms with Gasteiger partial charge >= 0.3 is 0 Å². The van der Waals surface area contributed by atoms with Crippen LogP contribution in [0.5, 0.6) is 5.75 Å². The van der Waals surface area contributed by atoms with E-state index in [4.69, 9.17) is 4.84 Å². The highest BCUT2D eigenvalue weighted by molar-refractivity contribution is 5.91. The summed E-state index contributed by atoms with van der Waals surface area (Å²) >= 11 is 0. The van der Waals surface area contributed by atoms with Crippen molar-refractivity contribution in [2.24, 2.45) is 0 Å². The molecule has 4 aromatic rings. The number of pyridine rings is 1. The van der Waals surface area contributed by atoms with Crippen molar-refractivity contribution in [2.45, 2.75) is 13.0 Å². The number of rotatable bonds is 7. The van der Waals surface area contributed by atoms with E-state index in [1.807, 2.05) is 60.7 Å². The maximum atomic E-state index is 12.4. The highest BCUT2D eigenvalue weighted by atomic mass is 16.7. The zero-order chi connectivity index (χ0) is 20.1. The van der Waals surface area contributed by atoms with Crippen LogP contribution in [-0.2, 0) is 13.0 Å². The molecule has 0 unspecified atom stereocenters. The molecule has 2 heterocycles. The average Bonchev–Trinajstić information content (AvgIpc) is 2.75. The molecular weight excluding hydrogens is 368 g/mol. The largest absolute Gasteiger partial charge is 0.507 e. The van der Waals surface area contributed by atoms with Crippen molar-refractivity contribution in [2.75, 3.05) is 11.9 Å². The molecule has 0 saturated heterocycles. The molecule has 4 rings (SSSR count). The van der Waals surface area contributed by atoms with Crippen LogP contribution in [-0.4, -0.2) is 26.3 Å². The van der Waals surface area contributed by atoms with Crippen LogP contribution >= 0.6 is 0 Å². The normalized spacial score (nSPS) is 10.8. The van der Waals surface area contributed by atoms with E-state index in [1.54, 1.807) is 0 Å². The second-order valence-electron chi connectivity index (χ2n) is 6.50. The fraction of sp³-hybridized carbons (Fsp3) is 0.136. The summed E-state index contributed by atoms with van der Waals surface area (Å²) in [5, 5.41) is 13.9. The number of hydrogen-bond acceptors (Lipinski definition) is 6. The van der Waals surface area contributed by atoms with Crippen molar-refractivity contribution in [3.63, 3.8) is 0 Å². The van der Waals surface area contributed by atoms with Gasteiger partial charge in [-0.1, -0.05) is 60.7 Å². The molecule has 0 saturated carbocycles. The molecule has 146 valence electrons. The molecule has 2 N–H and O–H groups in total. The number of benzene rings is 2. The molecule has 0 spiro atoms. The molecule has 2 aromatic carbocycles. The second-order valence-corrected chi connectivity index (χ2v) is 6.50. The standard InChI is InChI=1S/C22H20N4O3/c27-18-13-19(28)26(29-14-17-9-5-2-6-10-17)22-20(18)21(24-15-25-22)23-12-11-16-7-3-1-4-8-16/h1-10,13,15,27H,11-12,14H2,(H,23,24,25). The number of anilines is 1. The highest BCUT2D eigenvalue weighted by Gasteiger charge is 2.15. The average molecular weight is 388 g/mol. The van der Waals surface area contributed by atoms with Gasteiger partial charge in [-0.05, 0) is 17.5 Å². The lowest BCUT2D eigenvalue weighted by Crippen LogP contribution is -2.27. The van der Waals surface area contributed by atoms with Gasteiger partial charge in [-0.25, -0.2) is 9.97 Å². The minimum Gasteiger partial charge on any atom is -0.507 e. The third kappa shape index (κ3) is 4.19. The smallest absolute Gasteiger partial charge is 0.288 e. The number of nitrogens with one attached hydrogen (secondary N) is 1. The monoisotopic (exact) mass is 388 g/mol. The minimum absolute atomic E-state index is 0.188. The summed E-state index contributed by atoms with van der Waals surface area (Å²) in [6, 6.07) is 20.7. The molecule has 0 aliphatic heterocycles. The van der Waals surface area contributed by atoms with Gasteiger partial charge in [0.15, 0.2) is 5.65 Å². The van der Waals surface area contributed by atoms with Crippen LogP contribution < -0.4 is 15.7 Å². The zero-order valence-electron chi connectivity index (χ0n) is 15.7. The Morgan fingerprint density at radius 3 is 2.38 bits per heavy atom. The fourth-order valence-corrected chi connectivity index (χ4v) is 3.06. The predicted molar refractivity (Wildman–Crippen MR) is 111 cm³/mol. The van der Waals surface area contributed by atoms with Crippen molar-refractivity contribution in [1.82, 2.24) is 14.7 Å². The van der Waals surface area contributed by atoms with Gasteiger partial charge in [0.1, 0.15) is 29.9 Å². The van der Waals surface area contributed by atoms with Crippen molar-refractivity contribution < 1.29 is 9.94 Å². The van der Waals surface area contributed by atoms with Crippen LogP contribution in [0.1, 0.15) is 11.1 Å². The van der Waals surface area contributed by atoms with Gasteiger partial charge in [-0.3, -0.25) is 4.79 Å². The molecule has 29 heavy (non-hydrogen) atoms. The number of hydrogen-bond donors (Lipinski definition) is 2. The Labute approximate surface area is 167 Å². The SMILES string of the molecule is O=c1cc(O)c2c(NCCc3ccccc3)ncnc2n1OCc1ccccc1. The molecule has 0 fully saturated rings. The molecule has 7 nitrogen and oxygen atoms in total. The maximum absolute atomic E-state index is 12.4. The van der Waals surface area contributed by atoms with E-state index in [0.29, 0.717) is 17.7 Å². The van der Waals surface area contributed by atoms with E-state index in [9.17, 15) is 9.90 Å². The Morgan fingerprint density at radius 1 is 0.966 bits per heavy atom. The first-order valence-electron chi connectivity index (χ1n) is 9.27. The van der Waals surface area contributed by atoms with Gasteiger partial charge in [-0.2, -0.15) is 0 Å². The molecule has 0 bridgehead atoms. The Kier molecular flexibility index (Phi) is 5.38.